The fourth-order valence-corrected chi connectivity index (χ4v) is 3.68. The number of nitrogens with zero attached hydrogens (tertiary/aromatic N) is 1. The number of benzene rings is 2. The first-order chi connectivity index (χ1) is 14.8. The molecule has 0 bridgehead atoms. The van der Waals surface area contributed by atoms with E-state index in [-0.39, 0.29) is 24.7 Å². The molecule has 0 radical (unpaired) electrons. The molecule has 0 saturated carbocycles. The fraction of sp³-hybridized carbons (Fsp3) is 0.320. The van der Waals surface area contributed by atoms with Crippen LogP contribution >= 0.6 is 0 Å². The van der Waals surface area contributed by atoms with Gasteiger partial charge in [0.15, 0.2) is 0 Å². The van der Waals surface area contributed by atoms with Crippen molar-refractivity contribution in [3.63, 3.8) is 0 Å². The van der Waals surface area contributed by atoms with Gasteiger partial charge < -0.3 is 14.6 Å². The number of hydrogen-bond acceptors (Lipinski definition) is 4. The number of fused-ring (bicyclic) bond motifs is 1. The van der Waals surface area contributed by atoms with Gasteiger partial charge in [0.05, 0.1) is 0 Å². The smallest absolute Gasteiger partial charge is 0.339 e. The third-order valence-corrected chi connectivity index (χ3v) is 5.49. The number of carbonyl (C=O) groups is 2. The number of anilines is 1. The summed E-state index contributed by atoms with van der Waals surface area (Å²) >= 11 is 0. The van der Waals surface area contributed by atoms with Crippen LogP contribution in [0.15, 0.2) is 51.7 Å². The summed E-state index contributed by atoms with van der Waals surface area (Å²) in [5, 5.41) is 3.70. The van der Waals surface area contributed by atoms with Crippen LogP contribution in [0.2, 0.25) is 0 Å². The summed E-state index contributed by atoms with van der Waals surface area (Å²) in [4.78, 5) is 39.2. The molecule has 0 aliphatic rings. The van der Waals surface area contributed by atoms with E-state index in [2.05, 4.69) is 5.32 Å². The maximum atomic E-state index is 12.5. The van der Waals surface area contributed by atoms with Crippen LogP contribution in [-0.4, -0.2) is 29.8 Å². The number of hydrogen-bond donors (Lipinski definition) is 1. The Morgan fingerprint density at radius 3 is 2.48 bits per heavy atom. The largest absolute Gasteiger partial charge is 0.423 e. The van der Waals surface area contributed by atoms with Crippen LogP contribution in [0.25, 0.3) is 11.0 Å². The van der Waals surface area contributed by atoms with Crippen molar-refractivity contribution in [2.75, 3.05) is 18.4 Å². The Kier molecular flexibility index (Phi) is 6.90. The molecule has 0 saturated heterocycles. The van der Waals surface area contributed by atoms with Gasteiger partial charge in [-0.1, -0.05) is 18.2 Å². The molecule has 3 aromatic rings. The van der Waals surface area contributed by atoms with Crippen molar-refractivity contribution >= 4 is 28.5 Å². The molecule has 0 atom stereocenters. The van der Waals surface area contributed by atoms with Crippen molar-refractivity contribution in [3.8, 4) is 0 Å². The van der Waals surface area contributed by atoms with E-state index in [1.807, 2.05) is 45.9 Å². The third kappa shape index (κ3) is 5.02. The van der Waals surface area contributed by atoms with Crippen LogP contribution in [0, 0.1) is 13.8 Å². The van der Waals surface area contributed by atoms with Gasteiger partial charge in [-0.3, -0.25) is 9.59 Å². The van der Waals surface area contributed by atoms with Gasteiger partial charge in [0, 0.05) is 41.7 Å². The quantitative estimate of drug-likeness (QED) is 0.572. The summed E-state index contributed by atoms with van der Waals surface area (Å²) < 4.78 is 5.46. The highest BCUT2D eigenvalue weighted by atomic mass is 16.4. The Morgan fingerprint density at radius 2 is 1.77 bits per heavy atom. The molecule has 1 aromatic heterocycles. The monoisotopic (exact) mass is 420 g/mol. The zero-order chi connectivity index (χ0) is 22.5. The second kappa shape index (κ2) is 9.60. The van der Waals surface area contributed by atoms with Crippen molar-refractivity contribution in [1.82, 2.24) is 4.90 Å². The van der Waals surface area contributed by atoms with Crippen LogP contribution in [0.5, 0.6) is 0 Å². The molecule has 1 heterocycles. The second-order valence-electron chi connectivity index (χ2n) is 7.60. The van der Waals surface area contributed by atoms with E-state index >= 15 is 0 Å². The molecular weight excluding hydrogens is 392 g/mol. The lowest BCUT2D eigenvalue weighted by atomic mass is 10.0. The standard InChI is InChI=1S/C25H28N2O4/c1-5-27(6-2)24(29)18-8-7-9-19(15-18)26-23(28)13-12-21-17(4)20-11-10-16(3)14-22(20)31-25(21)30/h7-11,14-15H,5-6,12-13H2,1-4H3,(H,26,28). The minimum Gasteiger partial charge on any atom is -0.423 e. The molecule has 0 fully saturated rings. The minimum atomic E-state index is -0.407. The summed E-state index contributed by atoms with van der Waals surface area (Å²) in [5.74, 6) is -0.295. The second-order valence-corrected chi connectivity index (χ2v) is 7.60. The summed E-state index contributed by atoms with van der Waals surface area (Å²) in [6, 6.07) is 12.7. The average molecular weight is 421 g/mol. The van der Waals surface area contributed by atoms with Crippen LogP contribution in [-0.2, 0) is 11.2 Å². The normalized spacial score (nSPS) is 10.8. The Morgan fingerprint density at radius 1 is 1.03 bits per heavy atom. The molecule has 1 N–H and O–H groups in total. The maximum Gasteiger partial charge on any atom is 0.339 e. The van der Waals surface area contributed by atoms with Gasteiger partial charge >= 0.3 is 5.63 Å². The summed E-state index contributed by atoms with van der Waals surface area (Å²) in [6.45, 7) is 8.93. The van der Waals surface area contributed by atoms with E-state index in [0.29, 0.717) is 35.5 Å². The molecular formula is C25H28N2O4. The SMILES string of the molecule is CCN(CC)C(=O)c1cccc(NC(=O)CCc2c(C)c3ccc(C)cc3oc2=O)c1. The highest BCUT2D eigenvalue weighted by Gasteiger charge is 2.15. The van der Waals surface area contributed by atoms with E-state index in [1.54, 1.807) is 29.2 Å². The number of nitrogens with one attached hydrogen (secondary N) is 1. The van der Waals surface area contributed by atoms with E-state index in [0.717, 1.165) is 16.5 Å². The molecule has 3 rings (SSSR count). The predicted octanol–water partition coefficient (Wildman–Crippen LogP) is 4.46. The lowest BCUT2D eigenvalue weighted by Crippen LogP contribution is -2.30. The fourth-order valence-electron chi connectivity index (χ4n) is 3.68. The number of carbonyl (C=O) groups excluding carboxylic acids is 2. The van der Waals surface area contributed by atoms with Gasteiger partial charge in [0.2, 0.25) is 5.91 Å². The van der Waals surface area contributed by atoms with Gasteiger partial charge in [0.25, 0.3) is 5.91 Å². The first-order valence-corrected chi connectivity index (χ1v) is 10.6. The van der Waals surface area contributed by atoms with Gasteiger partial charge in [-0.05, 0) is 69.5 Å². The molecule has 0 aliphatic heterocycles. The topological polar surface area (TPSA) is 79.6 Å². The first-order valence-electron chi connectivity index (χ1n) is 10.6. The van der Waals surface area contributed by atoms with Crippen molar-refractivity contribution in [1.29, 1.82) is 0 Å². The molecule has 2 aromatic carbocycles. The lowest BCUT2D eigenvalue weighted by Gasteiger charge is -2.19. The number of rotatable bonds is 7. The van der Waals surface area contributed by atoms with E-state index < -0.39 is 5.63 Å². The Labute approximate surface area is 181 Å². The van der Waals surface area contributed by atoms with E-state index in [9.17, 15) is 14.4 Å². The molecule has 31 heavy (non-hydrogen) atoms. The number of aryl methyl sites for hydroxylation is 2. The van der Waals surface area contributed by atoms with Crippen LogP contribution in [0.4, 0.5) is 5.69 Å². The predicted molar refractivity (Wildman–Crippen MR) is 123 cm³/mol. The zero-order valence-corrected chi connectivity index (χ0v) is 18.5. The maximum absolute atomic E-state index is 12.5. The molecule has 6 heteroatoms. The summed E-state index contributed by atoms with van der Waals surface area (Å²) in [5.41, 5.74) is 3.61. The van der Waals surface area contributed by atoms with Gasteiger partial charge in [-0.15, -0.1) is 0 Å². The Hall–Kier alpha value is -3.41. The van der Waals surface area contributed by atoms with Crippen molar-refractivity contribution in [2.45, 2.75) is 40.5 Å². The van der Waals surface area contributed by atoms with Crippen molar-refractivity contribution < 1.29 is 14.0 Å². The number of amides is 2. The van der Waals surface area contributed by atoms with Gasteiger partial charge in [-0.25, -0.2) is 4.79 Å². The first kappa shape index (κ1) is 22.3. The minimum absolute atomic E-state index is 0.0688. The summed E-state index contributed by atoms with van der Waals surface area (Å²) in [7, 11) is 0. The van der Waals surface area contributed by atoms with Crippen molar-refractivity contribution in [3.05, 3.63) is 75.1 Å². The van der Waals surface area contributed by atoms with Gasteiger partial charge in [-0.2, -0.15) is 0 Å². The van der Waals surface area contributed by atoms with Crippen LogP contribution < -0.4 is 10.9 Å². The average Bonchev–Trinajstić information content (AvgIpc) is 2.74. The molecule has 0 unspecified atom stereocenters. The highest BCUT2D eigenvalue weighted by Crippen LogP contribution is 2.21. The molecule has 0 spiro atoms. The third-order valence-electron chi connectivity index (χ3n) is 5.49. The van der Waals surface area contributed by atoms with Crippen LogP contribution in [0.1, 0.15) is 47.3 Å². The Bertz CT molecular complexity index is 1180. The zero-order valence-electron chi connectivity index (χ0n) is 18.5. The Balaban J connectivity index is 1.71. The molecule has 0 aliphatic carbocycles. The molecule has 162 valence electrons. The van der Waals surface area contributed by atoms with E-state index in [1.165, 1.54) is 0 Å². The highest BCUT2D eigenvalue weighted by molar-refractivity contribution is 5.97. The van der Waals surface area contributed by atoms with Crippen molar-refractivity contribution in [2.24, 2.45) is 0 Å². The van der Waals surface area contributed by atoms with Gasteiger partial charge in [0.1, 0.15) is 5.58 Å². The summed E-state index contributed by atoms with van der Waals surface area (Å²) in [6.07, 6.45) is 0.416. The van der Waals surface area contributed by atoms with Crippen LogP contribution in [0.3, 0.4) is 0 Å². The molecule has 2 amide bonds. The van der Waals surface area contributed by atoms with E-state index in [4.69, 9.17) is 4.42 Å². The lowest BCUT2D eigenvalue weighted by molar-refractivity contribution is -0.116. The molecule has 6 nitrogen and oxygen atoms in total.